The molecule has 0 saturated carbocycles. The van der Waals surface area contributed by atoms with Crippen molar-refractivity contribution in [2.75, 3.05) is 0 Å². The number of fused-ring (bicyclic) bond motifs is 3. The Balaban J connectivity index is 2.17. The molecule has 4 aromatic rings. The second-order valence-corrected chi connectivity index (χ2v) is 6.86. The third-order valence-corrected chi connectivity index (χ3v) is 5.59. The molecule has 5 rings (SSSR count). The lowest BCUT2D eigenvalue weighted by Crippen LogP contribution is -2.07. The van der Waals surface area contributed by atoms with Gasteiger partial charge >= 0.3 is 0 Å². The van der Waals surface area contributed by atoms with Crippen molar-refractivity contribution in [3.05, 3.63) is 67.8 Å². The number of rotatable bonds is 2. The van der Waals surface area contributed by atoms with E-state index < -0.39 is 9.85 Å². The molecule has 0 aliphatic heterocycles. The summed E-state index contributed by atoms with van der Waals surface area (Å²) < 4.78 is 0. The van der Waals surface area contributed by atoms with Gasteiger partial charge in [-0.2, -0.15) is 0 Å². The van der Waals surface area contributed by atoms with Crippen molar-refractivity contribution in [1.82, 2.24) is 0 Å². The standard InChI is InChI=1S/C20H14N2O4/c23-21(24)16-10-17(22(25)26)19-14-6-2-1-5-12(14)13-7-3-4-11-8-9-15(16)20(19)18(11)13/h3-4,7-10H,1-2,5-6H2. The molecule has 26 heavy (non-hydrogen) atoms. The third-order valence-electron chi connectivity index (χ3n) is 5.59. The monoisotopic (exact) mass is 346 g/mol. The lowest BCUT2D eigenvalue weighted by atomic mass is 9.80. The van der Waals surface area contributed by atoms with Crippen LogP contribution in [0.1, 0.15) is 24.0 Å². The van der Waals surface area contributed by atoms with Gasteiger partial charge in [-0.25, -0.2) is 0 Å². The van der Waals surface area contributed by atoms with Gasteiger partial charge in [0.2, 0.25) is 0 Å². The molecule has 128 valence electrons. The fourth-order valence-corrected chi connectivity index (χ4v) is 4.59. The summed E-state index contributed by atoms with van der Waals surface area (Å²) in [6, 6.07) is 10.7. The van der Waals surface area contributed by atoms with Crippen molar-refractivity contribution in [2.24, 2.45) is 0 Å². The Kier molecular flexibility index (Phi) is 2.95. The molecule has 0 atom stereocenters. The van der Waals surface area contributed by atoms with Gasteiger partial charge in [0.05, 0.1) is 26.7 Å². The first-order valence-corrected chi connectivity index (χ1v) is 8.62. The van der Waals surface area contributed by atoms with Crippen LogP contribution in [-0.4, -0.2) is 9.85 Å². The molecule has 6 nitrogen and oxygen atoms in total. The van der Waals surface area contributed by atoms with Crippen LogP contribution in [0, 0.1) is 20.2 Å². The summed E-state index contributed by atoms with van der Waals surface area (Å²) in [5.41, 5.74) is 1.81. The van der Waals surface area contributed by atoms with Crippen LogP contribution in [0.15, 0.2) is 36.4 Å². The van der Waals surface area contributed by atoms with Crippen molar-refractivity contribution >= 4 is 43.7 Å². The predicted octanol–water partition coefficient (Wildman–Crippen LogP) is 5.28. The topological polar surface area (TPSA) is 86.3 Å². The van der Waals surface area contributed by atoms with Crippen LogP contribution < -0.4 is 0 Å². The lowest BCUT2D eigenvalue weighted by Gasteiger charge is -2.23. The molecule has 1 aliphatic rings. The van der Waals surface area contributed by atoms with Crippen LogP contribution in [0.2, 0.25) is 0 Å². The number of benzene rings is 4. The molecule has 4 aromatic carbocycles. The molecule has 0 fully saturated rings. The Morgan fingerprint density at radius 1 is 0.731 bits per heavy atom. The summed E-state index contributed by atoms with van der Waals surface area (Å²) in [6.07, 6.45) is 3.69. The van der Waals surface area contributed by atoms with E-state index in [0.717, 1.165) is 53.5 Å². The van der Waals surface area contributed by atoms with E-state index in [1.165, 1.54) is 5.56 Å². The fraction of sp³-hybridized carbons (Fsp3) is 0.200. The zero-order valence-electron chi connectivity index (χ0n) is 13.8. The summed E-state index contributed by atoms with van der Waals surface area (Å²) in [7, 11) is 0. The molecule has 0 spiro atoms. The van der Waals surface area contributed by atoms with Crippen LogP contribution in [0.25, 0.3) is 32.3 Å². The van der Waals surface area contributed by atoms with Crippen molar-refractivity contribution in [2.45, 2.75) is 25.7 Å². The number of nitrogens with zero attached hydrogens (tertiary/aromatic N) is 2. The number of hydrogen-bond acceptors (Lipinski definition) is 4. The van der Waals surface area contributed by atoms with Gasteiger partial charge in [0.1, 0.15) is 0 Å². The Bertz CT molecular complexity index is 1250. The fourth-order valence-electron chi connectivity index (χ4n) is 4.59. The maximum absolute atomic E-state index is 11.8. The van der Waals surface area contributed by atoms with E-state index in [2.05, 4.69) is 0 Å². The van der Waals surface area contributed by atoms with E-state index in [-0.39, 0.29) is 11.4 Å². The minimum atomic E-state index is -0.522. The highest BCUT2D eigenvalue weighted by Gasteiger charge is 2.30. The van der Waals surface area contributed by atoms with Crippen molar-refractivity contribution in [1.29, 1.82) is 0 Å². The highest BCUT2D eigenvalue weighted by atomic mass is 16.6. The van der Waals surface area contributed by atoms with E-state index in [0.29, 0.717) is 16.2 Å². The van der Waals surface area contributed by atoms with Gasteiger partial charge in [-0.1, -0.05) is 24.3 Å². The van der Waals surface area contributed by atoms with E-state index >= 15 is 0 Å². The molecule has 0 amide bonds. The molecule has 0 unspecified atom stereocenters. The zero-order valence-corrected chi connectivity index (χ0v) is 13.8. The van der Waals surface area contributed by atoms with E-state index in [4.69, 9.17) is 0 Å². The highest BCUT2D eigenvalue weighted by molar-refractivity contribution is 6.28. The molecule has 0 aromatic heterocycles. The summed E-state index contributed by atoms with van der Waals surface area (Å²) in [6.45, 7) is 0. The first-order valence-electron chi connectivity index (χ1n) is 8.62. The lowest BCUT2D eigenvalue weighted by molar-refractivity contribution is -0.392. The molecular formula is C20H14N2O4. The molecular weight excluding hydrogens is 332 g/mol. The van der Waals surface area contributed by atoms with Crippen LogP contribution in [0.4, 0.5) is 11.4 Å². The van der Waals surface area contributed by atoms with Crippen LogP contribution in [0.3, 0.4) is 0 Å². The third kappa shape index (κ3) is 1.81. The van der Waals surface area contributed by atoms with Gasteiger partial charge in [-0.3, -0.25) is 20.2 Å². The number of aryl methyl sites for hydroxylation is 2. The van der Waals surface area contributed by atoms with Gasteiger partial charge < -0.3 is 0 Å². The van der Waals surface area contributed by atoms with Crippen molar-refractivity contribution in [3.63, 3.8) is 0 Å². The second-order valence-electron chi connectivity index (χ2n) is 6.86. The normalized spacial score (nSPS) is 14.2. The minimum Gasteiger partial charge on any atom is -0.258 e. The molecule has 1 aliphatic carbocycles. The smallest absolute Gasteiger partial charge is 0.258 e. The van der Waals surface area contributed by atoms with Crippen LogP contribution >= 0.6 is 0 Å². The maximum Gasteiger partial charge on any atom is 0.284 e. The number of non-ortho nitro benzene ring substituents is 2. The first-order chi connectivity index (χ1) is 12.6. The van der Waals surface area contributed by atoms with Gasteiger partial charge in [-0.15, -0.1) is 0 Å². The average molecular weight is 346 g/mol. The molecule has 0 heterocycles. The predicted molar refractivity (Wildman–Crippen MR) is 100 cm³/mol. The molecule has 0 bridgehead atoms. The Hall–Kier alpha value is -3.28. The van der Waals surface area contributed by atoms with Gasteiger partial charge in [0.15, 0.2) is 0 Å². The van der Waals surface area contributed by atoms with E-state index in [1.54, 1.807) is 6.07 Å². The van der Waals surface area contributed by atoms with Crippen molar-refractivity contribution < 1.29 is 9.85 Å². The van der Waals surface area contributed by atoms with E-state index in [1.807, 2.05) is 24.3 Å². The summed E-state index contributed by atoms with van der Waals surface area (Å²) in [4.78, 5) is 22.4. The van der Waals surface area contributed by atoms with E-state index in [9.17, 15) is 20.2 Å². The quantitative estimate of drug-likeness (QED) is 0.281. The van der Waals surface area contributed by atoms with Crippen LogP contribution in [-0.2, 0) is 12.8 Å². The molecule has 0 radical (unpaired) electrons. The van der Waals surface area contributed by atoms with Gasteiger partial charge in [0, 0.05) is 5.39 Å². The van der Waals surface area contributed by atoms with Crippen molar-refractivity contribution in [3.8, 4) is 0 Å². The zero-order chi connectivity index (χ0) is 18.0. The van der Waals surface area contributed by atoms with Gasteiger partial charge in [0.25, 0.3) is 11.4 Å². The summed E-state index contributed by atoms with van der Waals surface area (Å²) >= 11 is 0. The highest BCUT2D eigenvalue weighted by Crippen LogP contribution is 2.47. The number of nitro groups is 2. The number of hydrogen-bond donors (Lipinski definition) is 0. The Morgan fingerprint density at radius 2 is 1.46 bits per heavy atom. The summed E-state index contributed by atoms with van der Waals surface area (Å²) in [5.74, 6) is 0. The van der Waals surface area contributed by atoms with Gasteiger partial charge in [-0.05, 0) is 59.0 Å². The maximum atomic E-state index is 11.8. The first kappa shape index (κ1) is 15.0. The molecule has 0 saturated heterocycles. The summed E-state index contributed by atoms with van der Waals surface area (Å²) in [5, 5.41) is 28.1. The second kappa shape index (κ2) is 5.11. The SMILES string of the molecule is O=[N+]([O-])c1cc([N+](=O)[O-])c2c3c(c4cccc5ccc1c2c54)CCCC3. The largest absolute Gasteiger partial charge is 0.284 e. The Labute approximate surface area is 147 Å². The Morgan fingerprint density at radius 3 is 2.19 bits per heavy atom. The van der Waals surface area contributed by atoms with Crippen LogP contribution in [0.5, 0.6) is 0 Å². The average Bonchev–Trinajstić information content (AvgIpc) is 2.65. The molecule has 0 N–H and O–H groups in total. The number of nitro benzene ring substituents is 2. The molecule has 6 heteroatoms. The minimum absolute atomic E-state index is 0.152.